The molecular formula is C28H23BCl2FN7. The maximum atomic E-state index is 13.9. The number of anilines is 3. The van der Waals surface area contributed by atoms with E-state index in [0.29, 0.717) is 43.9 Å². The fourth-order valence-corrected chi connectivity index (χ4v) is 5.22. The molecule has 39 heavy (non-hydrogen) atoms. The lowest BCUT2D eigenvalue weighted by molar-refractivity contribution is 0.260. The molecule has 1 saturated carbocycles. The van der Waals surface area contributed by atoms with Crippen LogP contribution in [0.3, 0.4) is 0 Å². The summed E-state index contributed by atoms with van der Waals surface area (Å²) in [6.45, 7) is 0. The molecule has 1 unspecified atom stereocenters. The molecule has 0 saturated heterocycles. The fourth-order valence-electron chi connectivity index (χ4n) is 4.76. The van der Waals surface area contributed by atoms with Gasteiger partial charge in [0.15, 0.2) is 0 Å². The first kappa shape index (κ1) is 25.3. The van der Waals surface area contributed by atoms with Gasteiger partial charge in [-0.15, -0.1) is 5.53 Å². The number of hydrazine groups is 2. The third-order valence-electron chi connectivity index (χ3n) is 7.02. The highest BCUT2D eigenvalue weighted by atomic mass is 35.5. The molecule has 11 heteroatoms. The van der Waals surface area contributed by atoms with Crippen LogP contribution in [0.5, 0.6) is 0 Å². The summed E-state index contributed by atoms with van der Waals surface area (Å²) in [5, 5.41) is 20.5. The van der Waals surface area contributed by atoms with Crippen LogP contribution < -0.4 is 21.6 Å². The zero-order chi connectivity index (χ0) is 27.1. The van der Waals surface area contributed by atoms with Gasteiger partial charge in [0.2, 0.25) is 0 Å². The number of benzene rings is 3. The van der Waals surface area contributed by atoms with Gasteiger partial charge in [-0.25, -0.2) is 4.39 Å². The summed E-state index contributed by atoms with van der Waals surface area (Å²) in [4.78, 5) is 4.46. The number of fused-ring (bicyclic) bond motifs is 1. The van der Waals surface area contributed by atoms with Crippen molar-refractivity contribution >= 4 is 59.0 Å². The lowest BCUT2D eigenvalue weighted by atomic mass is 9.69. The topological polar surface area (TPSA) is 88.0 Å². The van der Waals surface area contributed by atoms with E-state index in [0.717, 1.165) is 29.8 Å². The zero-order valence-electron chi connectivity index (χ0n) is 20.9. The Labute approximate surface area is 236 Å². The van der Waals surface area contributed by atoms with Gasteiger partial charge in [0.1, 0.15) is 19.7 Å². The second-order valence-corrected chi connectivity index (χ2v) is 10.7. The summed E-state index contributed by atoms with van der Waals surface area (Å²) in [7, 11) is 2.02. The maximum Gasteiger partial charge on any atom is 0.148 e. The number of hydrogen-bond donors (Lipinski definition) is 4. The molecule has 1 aliphatic heterocycles. The largest absolute Gasteiger partial charge is 0.378 e. The van der Waals surface area contributed by atoms with E-state index < -0.39 is 5.44 Å². The maximum absolute atomic E-state index is 13.9. The number of pyridine rings is 1. The van der Waals surface area contributed by atoms with Gasteiger partial charge in [0, 0.05) is 40.2 Å². The summed E-state index contributed by atoms with van der Waals surface area (Å²) in [5.74, 6) is -0.312. The molecule has 7 nitrogen and oxygen atoms in total. The average Bonchev–Trinajstić information content (AvgIpc) is 3.65. The predicted molar refractivity (Wildman–Crippen MR) is 156 cm³/mol. The first-order valence-corrected chi connectivity index (χ1v) is 13.2. The molecule has 4 N–H and O–H groups in total. The van der Waals surface area contributed by atoms with Gasteiger partial charge >= 0.3 is 0 Å². The molecule has 0 radical (unpaired) electrons. The second kappa shape index (κ2) is 9.97. The van der Waals surface area contributed by atoms with E-state index >= 15 is 0 Å². The Kier molecular flexibility index (Phi) is 6.47. The summed E-state index contributed by atoms with van der Waals surface area (Å²) < 4.78 is 13.9. The third-order valence-corrected chi connectivity index (χ3v) is 7.55. The first-order chi connectivity index (χ1) is 18.8. The van der Waals surface area contributed by atoms with Crippen molar-refractivity contribution in [3.63, 3.8) is 0 Å². The van der Waals surface area contributed by atoms with Gasteiger partial charge < -0.3 is 16.1 Å². The van der Waals surface area contributed by atoms with E-state index in [-0.39, 0.29) is 5.82 Å². The van der Waals surface area contributed by atoms with Crippen LogP contribution in [0, 0.1) is 17.1 Å². The van der Waals surface area contributed by atoms with Crippen LogP contribution >= 0.6 is 23.2 Å². The second-order valence-electron chi connectivity index (χ2n) is 9.82. The normalized spacial score (nSPS) is 16.3. The van der Waals surface area contributed by atoms with E-state index in [1.165, 1.54) is 18.3 Å². The summed E-state index contributed by atoms with van der Waals surface area (Å²) in [5.41, 5.74) is 10.3. The van der Waals surface area contributed by atoms with Crippen LogP contribution in [-0.2, 0) is 5.44 Å². The Balaban J connectivity index is 1.46. The number of nitrogens with one attached hydrogen (secondary N) is 4. The molecule has 6 rings (SSSR count). The molecule has 2 aliphatic rings. The van der Waals surface area contributed by atoms with Crippen LogP contribution in [0.15, 0.2) is 78.8 Å². The molecule has 194 valence electrons. The standard InChI is InChI=1S/C28H23BCl2FN7/c29-28(17-4-6-19(32)7-5-17,25-15-39(38-37-25)22-8-9-22)36-21-11-23-26(35-20-3-1-2-18(30)10-20)16(13-33)14-34-27(23)24(31)12-21/h1-7,10-12,14-15,22,36-38H,8-9,29H2,(H,34,35). The fraction of sp³-hybridized carbons (Fsp3) is 0.143. The lowest BCUT2D eigenvalue weighted by Crippen LogP contribution is -2.45. The van der Waals surface area contributed by atoms with Crippen LogP contribution in [0.2, 0.25) is 10.0 Å². The highest BCUT2D eigenvalue weighted by Crippen LogP contribution is 2.39. The molecule has 3 aromatic carbocycles. The quantitative estimate of drug-likeness (QED) is 0.222. The van der Waals surface area contributed by atoms with Crippen molar-refractivity contribution < 1.29 is 4.39 Å². The van der Waals surface area contributed by atoms with Crippen LogP contribution in [0.25, 0.3) is 10.9 Å². The van der Waals surface area contributed by atoms with Crippen molar-refractivity contribution in [2.75, 3.05) is 10.6 Å². The molecule has 1 aliphatic carbocycles. The van der Waals surface area contributed by atoms with Crippen molar-refractivity contribution in [1.82, 2.24) is 21.0 Å². The van der Waals surface area contributed by atoms with Gasteiger partial charge in [0.05, 0.1) is 32.9 Å². The molecule has 2 heterocycles. The number of rotatable bonds is 7. The van der Waals surface area contributed by atoms with Crippen molar-refractivity contribution in [2.45, 2.75) is 24.3 Å². The Morgan fingerprint density at radius 3 is 2.62 bits per heavy atom. The van der Waals surface area contributed by atoms with Crippen molar-refractivity contribution in [2.24, 2.45) is 0 Å². The number of hydrogen-bond acceptors (Lipinski definition) is 7. The molecule has 1 fully saturated rings. The van der Waals surface area contributed by atoms with E-state index in [2.05, 4.69) is 37.7 Å². The minimum atomic E-state index is -0.790. The number of nitrogens with zero attached hydrogens (tertiary/aromatic N) is 3. The molecule has 0 amide bonds. The van der Waals surface area contributed by atoms with Crippen LogP contribution in [0.1, 0.15) is 24.0 Å². The van der Waals surface area contributed by atoms with E-state index in [9.17, 15) is 9.65 Å². The number of nitriles is 1. The Morgan fingerprint density at radius 1 is 1.10 bits per heavy atom. The van der Waals surface area contributed by atoms with Gasteiger partial charge in [-0.2, -0.15) is 5.26 Å². The molecule has 4 aromatic rings. The van der Waals surface area contributed by atoms with E-state index in [1.54, 1.807) is 30.3 Å². The van der Waals surface area contributed by atoms with E-state index in [4.69, 9.17) is 23.2 Å². The highest BCUT2D eigenvalue weighted by Gasteiger charge is 2.38. The van der Waals surface area contributed by atoms with Gasteiger partial charge in [0.25, 0.3) is 0 Å². The van der Waals surface area contributed by atoms with Crippen molar-refractivity contribution in [3.05, 3.63) is 106 Å². The van der Waals surface area contributed by atoms with Crippen molar-refractivity contribution in [3.8, 4) is 6.07 Å². The average molecular weight is 558 g/mol. The minimum Gasteiger partial charge on any atom is -0.378 e. The van der Waals surface area contributed by atoms with Gasteiger partial charge in [-0.1, -0.05) is 41.4 Å². The SMILES string of the molecule is BC(Nc1cc(Cl)c2ncc(C#N)c(Nc3cccc(Cl)c3)c2c1)(C1=CN(C2CC2)NN1)c1ccc(F)cc1. The summed E-state index contributed by atoms with van der Waals surface area (Å²) in [6.07, 6.45) is 5.78. The summed E-state index contributed by atoms with van der Waals surface area (Å²) >= 11 is 12.9. The predicted octanol–water partition coefficient (Wildman–Crippen LogP) is 5.52. The number of aromatic nitrogens is 1. The highest BCUT2D eigenvalue weighted by molar-refractivity contribution is 6.36. The first-order valence-electron chi connectivity index (χ1n) is 12.5. The summed E-state index contributed by atoms with van der Waals surface area (Å²) in [6, 6.07) is 20.0. The lowest BCUT2D eigenvalue weighted by Gasteiger charge is -2.34. The van der Waals surface area contributed by atoms with Gasteiger partial charge in [-0.05, 0) is 60.9 Å². The minimum absolute atomic E-state index is 0.312. The Bertz CT molecular complexity index is 1650. The Hall–Kier alpha value is -3.97. The smallest absolute Gasteiger partial charge is 0.148 e. The monoisotopic (exact) mass is 557 g/mol. The molecule has 0 spiro atoms. The third kappa shape index (κ3) is 4.95. The Morgan fingerprint density at radius 2 is 1.90 bits per heavy atom. The van der Waals surface area contributed by atoms with Crippen molar-refractivity contribution in [1.29, 1.82) is 5.26 Å². The van der Waals surface area contributed by atoms with Crippen LogP contribution in [-0.4, -0.2) is 23.9 Å². The van der Waals surface area contributed by atoms with E-state index in [1.807, 2.05) is 32.2 Å². The molecule has 1 aromatic heterocycles. The molecule has 1 atom stereocenters. The number of halogens is 3. The zero-order valence-corrected chi connectivity index (χ0v) is 22.4. The van der Waals surface area contributed by atoms with Crippen LogP contribution in [0.4, 0.5) is 21.5 Å². The molecular weight excluding hydrogens is 535 g/mol. The van der Waals surface area contributed by atoms with Gasteiger partial charge in [-0.3, -0.25) is 9.99 Å². The molecule has 0 bridgehead atoms.